The van der Waals surface area contributed by atoms with E-state index in [0.717, 1.165) is 29.9 Å². The Morgan fingerprint density at radius 1 is 1.19 bits per heavy atom. The molecule has 1 amide bonds. The van der Waals surface area contributed by atoms with E-state index in [2.05, 4.69) is 37.4 Å². The zero-order chi connectivity index (χ0) is 19.6. The summed E-state index contributed by atoms with van der Waals surface area (Å²) in [6, 6.07) is 12.1. The average molecular weight is 367 g/mol. The van der Waals surface area contributed by atoms with Crippen molar-refractivity contribution < 1.29 is 14.3 Å². The third kappa shape index (κ3) is 4.62. The fourth-order valence-electron chi connectivity index (χ4n) is 3.57. The predicted octanol–water partition coefficient (Wildman–Crippen LogP) is 4.66. The van der Waals surface area contributed by atoms with Crippen LogP contribution in [0.2, 0.25) is 0 Å². The number of carbonyl (C=O) groups is 1. The lowest BCUT2D eigenvalue weighted by Gasteiger charge is -2.38. The van der Waals surface area contributed by atoms with E-state index in [1.54, 1.807) is 7.11 Å². The Morgan fingerprint density at radius 3 is 2.67 bits per heavy atom. The summed E-state index contributed by atoms with van der Waals surface area (Å²) in [5, 5.41) is 3.20. The molecule has 0 bridgehead atoms. The Balaban J connectivity index is 1.69. The molecule has 1 atom stereocenters. The highest BCUT2D eigenvalue weighted by Gasteiger charge is 2.34. The third-order valence-electron chi connectivity index (χ3n) is 5.23. The Labute approximate surface area is 161 Å². The van der Waals surface area contributed by atoms with Gasteiger partial charge in [-0.2, -0.15) is 0 Å². The molecule has 1 heterocycles. The quantitative estimate of drug-likeness (QED) is 0.836. The second kappa shape index (κ2) is 7.63. The number of aryl methyl sites for hydroxylation is 3. The maximum atomic E-state index is 12.6. The van der Waals surface area contributed by atoms with Gasteiger partial charge in [0.2, 0.25) is 5.91 Å². The lowest BCUT2D eigenvalue weighted by atomic mass is 9.89. The highest BCUT2D eigenvalue weighted by molar-refractivity contribution is 5.77. The molecule has 0 spiro atoms. The summed E-state index contributed by atoms with van der Waals surface area (Å²) in [6.07, 6.45) is 1.96. The van der Waals surface area contributed by atoms with Crippen LogP contribution in [-0.4, -0.2) is 18.6 Å². The summed E-state index contributed by atoms with van der Waals surface area (Å²) in [5.41, 5.74) is 4.41. The Hall–Kier alpha value is -2.49. The number of benzene rings is 2. The molecule has 1 unspecified atom stereocenters. The van der Waals surface area contributed by atoms with Gasteiger partial charge >= 0.3 is 0 Å². The third-order valence-corrected chi connectivity index (χ3v) is 5.23. The number of carbonyl (C=O) groups excluding carboxylic acids is 1. The molecule has 2 aromatic rings. The van der Waals surface area contributed by atoms with E-state index in [0.29, 0.717) is 6.42 Å². The fraction of sp³-hybridized carbons (Fsp3) is 0.435. The van der Waals surface area contributed by atoms with Gasteiger partial charge in [-0.05, 0) is 62.9 Å². The van der Waals surface area contributed by atoms with Crippen LogP contribution in [0.4, 0.5) is 0 Å². The number of fused-ring (bicyclic) bond motifs is 1. The van der Waals surface area contributed by atoms with Gasteiger partial charge in [-0.15, -0.1) is 0 Å². The first-order valence-electron chi connectivity index (χ1n) is 9.50. The zero-order valence-corrected chi connectivity index (χ0v) is 16.9. The minimum Gasteiger partial charge on any atom is -0.497 e. The number of nitrogens with one attached hydrogen (secondary N) is 1. The normalized spacial score (nSPS) is 17.6. The molecule has 144 valence electrons. The van der Waals surface area contributed by atoms with E-state index >= 15 is 0 Å². The molecular formula is C23H29NO3. The van der Waals surface area contributed by atoms with Crippen molar-refractivity contribution in [3.8, 4) is 11.5 Å². The van der Waals surface area contributed by atoms with Gasteiger partial charge in [0.15, 0.2) is 0 Å². The SMILES string of the molecule is COc1ccc2c(c1)OC(C)(C)CC2NC(=O)CCc1ccc(C)c(C)c1. The molecule has 0 fully saturated rings. The Morgan fingerprint density at radius 2 is 1.96 bits per heavy atom. The van der Waals surface area contributed by atoms with Crippen molar-refractivity contribution in [3.05, 3.63) is 58.7 Å². The summed E-state index contributed by atoms with van der Waals surface area (Å²) in [7, 11) is 1.64. The average Bonchev–Trinajstić information content (AvgIpc) is 2.61. The smallest absolute Gasteiger partial charge is 0.220 e. The van der Waals surface area contributed by atoms with Crippen LogP contribution >= 0.6 is 0 Å². The standard InChI is InChI=1S/C23H29NO3/c1-15-6-7-17(12-16(15)2)8-11-22(25)24-20-14-23(3,4)27-21-13-18(26-5)9-10-19(20)21/h6-7,9-10,12-13,20H,8,11,14H2,1-5H3,(H,24,25). The molecule has 1 aliphatic rings. The summed E-state index contributed by atoms with van der Waals surface area (Å²) < 4.78 is 11.4. The van der Waals surface area contributed by atoms with Crippen LogP contribution in [-0.2, 0) is 11.2 Å². The lowest BCUT2D eigenvalue weighted by Crippen LogP contribution is -2.41. The lowest BCUT2D eigenvalue weighted by molar-refractivity contribution is -0.122. The number of hydrogen-bond acceptors (Lipinski definition) is 3. The first-order chi connectivity index (χ1) is 12.8. The number of rotatable bonds is 5. The van der Waals surface area contributed by atoms with E-state index in [1.807, 2.05) is 32.0 Å². The number of methoxy groups -OCH3 is 1. The Bertz CT molecular complexity index is 842. The second-order valence-corrected chi connectivity index (χ2v) is 8.01. The molecule has 0 radical (unpaired) electrons. The van der Waals surface area contributed by atoms with Gasteiger partial charge in [-0.1, -0.05) is 18.2 Å². The van der Waals surface area contributed by atoms with E-state index in [9.17, 15) is 4.79 Å². The molecule has 4 heteroatoms. The van der Waals surface area contributed by atoms with E-state index in [-0.39, 0.29) is 17.6 Å². The molecule has 0 saturated carbocycles. The van der Waals surface area contributed by atoms with E-state index in [4.69, 9.17) is 9.47 Å². The molecule has 0 aliphatic carbocycles. The van der Waals surface area contributed by atoms with Gasteiger partial charge in [0.25, 0.3) is 0 Å². The van der Waals surface area contributed by atoms with E-state index < -0.39 is 0 Å². The summed E-state index contributed by atoms with van der Waals surface area (Å²) in [5.74, 6) is 1.61. The minimum atomic E-state index is -0.342. The topological polar surface area (TPSA) is 47.6 Å². The van der Waals surface area contributed by atoms with Crippen molar-refractivity contribution in [3.63, 3.8) is 0 Å². The van der Waals surface area contributed by atoms with Gasteiger partial charge < -0.3 is 14.8 Å². The maximum absolute atomic E-state index is 12.6. The van der Waals surface area contributed by atoms with Crippen molar-refractivity contribution >= 4 is 5.91 Å². The number of amides is 1. The van der Waals surface area contributed by atoms with Crippen LogP contribution in [0.5, 0.6) is 11.5 Å². The van der Waals surface area contributed by atoms with Crippen molar-refractivity contribution in [2.75, 3.05) is 7.11 Å². The highest BCUT2D eigenvalue weighted by atomic mass is 16.5. The van der Waals surface area contributed by atoms with Crippen molar-refractivity contribution in [2.24, 2.45) is 0 Å². The first kappa shape index (κ1) is 19.3. The number of hydrogen-bond donors (Lipinski definition) is 1. The summed E-state index contributed by atoms with van der Waals surface area (Å²) in [6.45, 7) is 8.30. The van der Waals surface area contributed by atoms with Gasteiger partial charge in [-0.25, -0.2) is 0 Å². The van der Waals surface area contributed by atoms with Gasteiger partial charge in [0.1, 0.15) is 17.1 Å². The van der Waals surface area contributed by atoms with Gasteiger partial charge in [0, 0.05) is 24.5 Å². The molecular weight excluding hydrogens is 338 g/mol. The van der Waals surface area contributed by atoms with Crippen molar-refractivity contribution in [1.29, 1.82) is 0 Å². The largest absolute Gasteiger partial charge is 0.497 e. The van der Waals surface area contributed by atoms with Crippen molar-refractivity contribution in [2.45, 2.75) is 58.6 Å². The van der Waals surface area contributed by atoms with Crippen LogP contribution in [0, 0.1) is 13.8 Å². The molecule has 1 N–H and O–H groups in total. The molecule has 4 nitrogen and oxygen atoms in total. The van der Waals surface area contributed by atoms with Crippen LogP contribution in [0.15, 0.2) is 36.4 Å². The minimum absolute atomic E-state index is 0.0538. The molecule has 27 heavy (non-hydrogen) atoms. The molecule has 3 rings (SSSR count). The Kier molecular flexibility index (Phi) is 5.45. The van der Waals surface area contributed by atoms with Crippen LogP contribution in [0.3, 0.4) is 0 Å². The summed E-state index contributed by atoms with van der Waals surface area (Å²) >= 11 is 0. The monoisotopic (exact) mass is 367 g/mol. The predicted molar refractivity (Wildman–Crippen MR) is 107 cm³/mol. The van der Waals surface area contributed by atoms with Crippen LogP contribution in [0.25, 0.3) is 0 Å². The molecule has 2 aromatic carbocycles. The van der Waals surface area contributed by atoms with Crippen molar-refractivity contribution in [1.82, 2.24) is 5.32 Å². The van der Waals surface area contributed by atoms with Gasteiger partial charge in [0.05, 0.1) is 13.2 Å². The summed E-state index contributed by atoms with van der Waals surface area (Å²) in [4.78, 5) is 12.6. The highest BCUT2D eigenvalue weighted by Crippen LogP contribution is 2.41. The second-order valence-electron chi connectivity index (χ2n) is 8.01. The fourth-order valence-corrected chi connectivity index (χ4v) is 3.57. The first-order valence-corrected chi connectivity index (χ1v) is 9.50. The molecule has 1 aliphatic heterocycles. The van der Waals surface area contributed by atoms with E-state index in [1.165, 1.54) is 16.7 Å². The number of ether oxygens (including phenoxy) is 2. The maximum Gasteiger partial charge on any atom is 0.220 e. The van der Waals surface area contributed by atoms with Crippen LogP contribution < -0.4 is 14.8 Å². The zero-order valence-electron chi connectivity index (χ0n) is 16.9. The van der Waals surface area contributed by atoms with Crippen LogP contribution in [0.1, 0.15) is 55.0 Å². The molecule has 0 aromatic heterocycles. The molecule has 0 saturated heterocycles. The van der Waals surface area contributed by atoms with Gasteiger partial charge in [-0.3, -0.25) is 4.79 Å².